The van der Waals surface area contributed by atoms with Crippen LogP contribution >= 0.6 is 0 Å². The Morgan fingerprint density at radius 2 is 1.90 bits per heavy atom. The van der Waals surface area contributed by atoms with Crippen molar-refractivity contribution in [2.75, 3.05) is 11.4 Å². The summed E-state index contributed by atoms with van der Waals surface area (Å²) in [6, 6.07) is 14.2. The Balaban J connectivity index is 2.19. The lowest BCUT2D eigenvalue weighted by Crippen LogP contribution is -2.25. The molecule has 1 N–H and O–H groups in total. The lowest BCUT2D eigenvalue weighted by molar-refractivity contribution is -0.136. The molecule has 0 aliphatic heterocycles. The number of aliphatic carboxylic acids is 1. The average molecular weight is 287 g/mol. The van der Waals surface area contributed by atoms with Gasteiger partial charge >= 0.3 is 5.97 Å². The number of carboxylic acid groups (broad SMARTS) is 1. The smallest absolute Gasteiger partial charge is 0.305 e. The van der Waals surface area contributed by atoms with Crippen LogP contribution in [-0.2, 0) is 11.3 Å². The van der Waals surface area contributed by atoms with Crippen LogP contribution in [0, 0.1) is 12.7 Å². The zero-order valence-electron chi connectivity index (χ0n) is 11.9. The van der Waals surface area contributed by atoms with Gasteiger partial charge in [0.05, 0.1) is 6.42 Å². The summed E-state index contributed by atoms with van der Waals surface area (Å²) in [6.07, 6.45) is 0.0448. The van der Waals surface area contributed by atoms with E-state index in [1.54, 1.807) is 6.07 Å². The molecule has 0 fully saturated rings. The van der Waals surface area contributed by atoms with Gasteiger partial charge < -0.3 is 10.0 Å². The van der Waals surface area contributed by atoms with Crippen LogP contribution in [0.15, 0.2) is 48.5 Å². The molecule has 0 unspecified atom stereocenters. The molecule has 0 spiro atoms. The van der Waals surface area contributed by atoms with Gasteiger partial charge in [-0.15, -0.1) is 0 Å². The second-order valence-corrected chi connectivity index (χ2v) is 5.03. The van der Waals surface area contributed by atoms with E-state index in [-0.39, 0.29) is 12.2 Å². The van der Waals surface area contributed by atoms with Gasteiger partial charge in [-0.25, -0.2) is 4.39 Å². The van der Waals surface area contributed by atoms with E-state index in [0.717, 1.165) is 16.8 Å². The third kappa shape index (κ3) is 4.60. The fraction of sp³-hybridized carbons (Fsp3) is 0.235. The first-order valence-electron chi connectivity index (χ1n) is 6.82. The van der Waals surface area contributed by atoms with Gasteiger partial charge in [0, 0.05) is 18.8 Å². The molecule has 0 heterocycles. The fourth-order valence-electron chi connectivity index (χ4n) is 2.14. The van der Waals surface area contributed by atoms with E-state index in [0.29, 0.717) is 13.1 Å². The summed E-state index contributed by atoms with van der Waals surface area (Å²) in [7, 11) is 0. The largest absolute Gasteiger partial charge is 0.481 e. The number of anilines is 1. The Hall–Kier alpha value is -2.36. The molecule has 3 nitrogen and oxygen atoms in total. The molecule has 2 aromatic rings. The Morgan fingerprint density at radius 1 is 1.19 bits per heavy atom. The SMILES string of the molecule is Cc1ccc(N(CCC(=O)O)Cc2cccc(F)c2)cc1. The highest BCUT2D eigenvalue weighted by Gasteiger charge is 2.10. The van der Waals surface area contributed by atoms with Gasteiger partial charge in [0.25, 0.3) is 0 Å². The van der Waals surface area contributed by atoms with Crippen LogP contribution in [0.1, 0.15) is 17.5 Å². The van der Waals surface area contributed by atoms with Crippen molar-refractivity contribution in [3.63, 3.8) is 0 Å². The van der Waals surface area contributed by atoms with Crippen LogP contribution in [-0.4, -0.2) is 17.6 Å². The summed E-state index contributed by atoms with van der Waals surface area (Å²) < 4.78 is 13.3. The summed E-state index contributed by atoms with van der Waals surface area (Å²) in [5.41, 5.74) is 2.90. The van der Waals surface area contributed by atoms with Crippen LogP contribution in [0.25, 0.3) is 0 Å². The lowest BCUT2D eigenvalue weighted by Gasteiger charge is -2.24. The summed E-state index contributed by atoms with van der Waals surface area (Å²) in [6.45, 7) is 2.86. The minimum atomic E-state index is -0.841. The maximum Gasteiger partial charge on any atom is 0.305 e. The highest BCUT2D eigenvalue weighted by Crippen LogP contribution is 2.19. The summed E-state index contributed by atoms with van der Waals surface area (Å²) >= 11 is 0. The predicted octanol–water partition coefficient (Wildman–Crippen LogP) is 3.62. The zero-order chi connectivity index (χ0) is 15.2. The van der Waals surface area contributed by atoms with E-state index in [1.165, 1.54) is 12.1 Å². The lowest BCUT2D eigenvalue weighted by atomic mass is 10.1. The van der Waals surface area contributed by atoms with Gasteiger partial charge in [0.2, 0.25) is 0 Å². The number of nitrogens with zero attached hydrogens (tertiary/aromatic N) is 1. The van der Waals surface area contributed by atoms with Crippen molar-refractivity contribution >= 4 is 11.7 Å². The first kappa shape index (κ1) is 15.0. The van der Waals surface area contributed by atoms with E-state index in [2.05, 4.69) is 0 Å². The number of hydrogen-bond donors (Lipinski definition) is 1. The Bertz CT molecular complexity index is 610. The number of carboxylic acids is 1. The Kier molecular flexibility index (Phi) is 4.93. The molecule has 0 amide bonds. The number of rotatable bonds is 6. The van der Waals surface area contributed by atoms with Crippen LogP contribution < -0.4 is 4.90 Å². The van der Waals surface area contributed by atoms with Crippen LogP contribution in [0.2, 0.25) is 0 Å². The molecule has 0 aromatic heterocycles. The number of aryl methyl sites for hydroxylation is 1. The average Bonchev–Trinajstić information content (AvgIpc) is 2.44. The molecule has 0 aliphatic rings. The molecule has 2 rings (SSSR count). The topological polar surface area (TPSA) is 40.5 Å². The number of hydrogen-bond acceptors (Lipinski definition) is 2. The highest BCUT2D eigenvalue weighted by molar-refractivity contribution is 5.67. The number of carbonyl (C=O) groups is 1. The van der Waals surface area contributed by atoms with Gasteiger partial charge in [-0.05, 0) is 36.8 Å². The molecule has 0 radical (unpaired) electrons. The van der Waals surface area contributed by atoms with Gasteiger partial charge in [-0.3, -0.25) is 4.79 Å². The molecule has 110 valence electrons. The third-order valence-corrected chi connectivity index (χ3v) is 3.26. The first-order valence-corrected chi connectivity index (χ1v) is 6.82. The molecule has 4 heteroatoms. The Labute approximate surface area is 123 Å². The van der Waals surface area contributed by atoms with E-state index >= 15 is 0 Å². The minimum Gasteiger partial charge on any atom is -0.481 e. The quantitative estimate of drug-likeness (QED) is 0.882. The maximum atomic E-state index is 13.3. The molecular weight excluding hydrogens is 269 g/mol. The molecule has 0 saturated heterocycles. The molecule has 0 atom stereocenters. The van der Waals surface area contributed by atoms with Crippen molar-refractivity contribution in [2.45, 2.75) is 19.9 Å². The molecule has 2 aromatic carbocycles. The van der Waals surface area contributed by atoms with Crippen molar-refractivity contribution in [1.82, 2.24) is 0 Å². The van der Waals surface area contributed by atoms with Crippen LogP contribution in [0.5, 0.6) is 0 Å². The van der Waals surface area contributed by atoms with Gasteiger partial charge in [-0.2, -0.15) is 0 Å². The summed E-state index contributed by atoms with van der Waals surface area (Å²) in [4.78, 5) is 12.8. The van der Waals surface area contributed by atoms with Gasteiger partial charge in [-0.1, -0.05) is 29.8 Å². The standard InChI is InChI=1S/C17H18FNO2/c1-13-5-7-16(8-6-13)19(10-9-17(20)21)12-14-3-2-4-15(18)11-14/h2-8,11H,9-10,12H2,1H3,(H,20,21). The molecule has 0 aliphatic carbocycles. The fourth-order valence-corrected chi connectivity index (χ4v) is 2.14. The van der Waals surface area contributed by atoms with Crippen LogP contribution in [0.3, 0.4) is 0 Å². The van der Waals surface area contributed by atoms with Crippen LogP contribution in [0.4, 0.5) is 10.1 Å². The van der Waals surface area contributed by atoms with E-state index in [4.69, 9.17) is 5.11 Å². The van der Waals surface area contributed by atoms with Gasteiger partial charge in [0.15, 0.2) is 0 Å². The van der Waals surface area contributed by atoms with E-state index in [9.17, 15) is 9.18 Å². The monoisotopic (exact) mass is 287 g/mol. The van der Waals surface area contributed by atoms with E-state index in [1.807, 2.05) is 42.2 Å². The van der Waals surface area contributed by atoms with Crippen molar-refractivity contribution in [3.05, 3.63) is 65.5 Å². The summed E-state index contributed by atoms with van der Waals surface area (Å²) in [5.74, 6) is -1.12. The highest BCUT2D eigenvalue weighted by atomic mass is 19.1. The molecular formula is C17H18FNO2. The minimum absolute atomic E-state index is 0.0448. The summed E-state index contributed by atoms with van der Waals surface area (Å²) in [5, 5.41) is 8.88. The van der Waals surface area contributed by atoms with Crippen molar-refractivity contribution in [1.29, 1.82) is 0 Å². The molecule has 0 saturated carbocycles. The number of halogens is 1. The maximum absolute atomic E-state index is 13.3. The number of benzene rings is 2. The van der Waals surface area contributed by atoms with Crippen molar-refractivity contribution in [2.24, 2.45) is 0 Å². The third-order valence-electron chi connectivity index (χ3n) is 3.26. The predicted molar refractivity (Wildman–Crippen MR) is 80.9 cm³/mol. The normalized spacial score (nSPS) is 10.4. The zero-order valence-corrected chi connectivity index (χ0v) is 11.9. The van der Waals surface area contributed by atoms with Crippen molar-refractivity contribution < 1.29 is 14.3 Å². The second-order valence-electron chi connectivity index (χ2n) is 5.03. The molecule has 21 heavy (non-hydrogen) atoms. The van der Waals surface area contributed by atoms with E-state index < -0.39 is 5.97 Å². The molecule has 0 bridgehead atoms. The van der Waals surface area contributed by atoms with Crippen molar-refractivity contribution in [3.8, 4) is 0 Å². The second kappa shape index (κ2) is 6.88. The first-order chi connectivity index (χ1) is 10.0. The Morgan fingerprint density at radius 3 is 2.52 bits per heavy atom. The van der Waals surface area contributed by atoms with Gasteiger partial charge in [0.1, 0.15) is 5.82 Å².